The predicted molar refractivity (Wildman–Crippen MR) is 55.8 cm³/mol. The number of nitriles is 1. The van der Waals surface area contributed by atoms with Gasteiger partial charge in [0.2, 0.25) is 0 Å². The molecule has 5 heteroatoms. The van der Waals surface area contributed by atoms with E-state index in [0.717, 1.165) is 0 Å². The van der Waals surface area contributed by atoms with Gasteiger partial charge >= 0.3 is 0 Å². The van der Waals surface area contributed by atoms with Gasteiger partial charge < -0.3 is 0 Å². The second kappa shape index (κ2) is 5.25. The molecule has 72 valence electrons. The van der Waals surface area contributed by atoms with Crippen molar-refractivity contribution >= 4 is 22.6 Å². The number of rotatable bonds is 1. The highest BCUT2D eigenvalue weighted by Gasteiger charge is 1.96. The van der Waals surface area contributed by atoms with Crippen molar-refractivity contribution in [3.8, 4) is 6.19 Å². The van der Waals surface area contributed by atoms with Crippen LogP contribution in [-0.4, -0.2) is 11.4 Å². The summed E-state index contributed by atoms with van der Waals surface area (Å²) in [6.07, 6.45) is 3.57. The Labute approximate surface area is 85.7 Å². The largest absolute Gasteiger partial charge is 0.271 e. The van der Waals surface area contributed by atoms with Gasteiger partial charge in [-0.05, 0) is 30.5 Å². The van der Waals surface area contributed by atoms with E-state index < -0.39 is 0 Å². The molecule has 1 rings (SSSR count). The maximum Gasteiger partial charge on any atom is 0.183 e. The van der Waals surface area contributed by atoms with E-state index in [1.165, 1.54) is 23.9 Å². The second-order valence-electron chi connectivity index (χ2n) is 2.33. The third kappa shape index (κ3) is 3.07. The number of benzene rings is 1. The molecule has 0 bridgehead atoms. The van der Waals surface area contributed by atoms with Crippen LogP contribution in [0.2, 0.25) is 0 Å². The van der Waals surface area contributed by atoms with Crippen molar-refractivity contribution in [3.05, 3.63) is 30.1 Å². The first-order chi connectivity index (χ1) is 6.76. The van der Waals surface area contributed by atoms with Crippen LogP contribution in [0, 0.1) is 17.3 Å². The van der Waals surface area contributed by atoms with Crippen LogP contribution in [0.5, 0.6) is 0 Å². The van der Waals surface area contributed by atoms with Gasteiger partial charge in [-0.3, -0.25) is 5.32 Å². The Morgan fingerprint density at radius 3 is 2.64 bits per heavy atom. The van der Waals surface area contributed by atoms with Crippen LogP contribution in [0.4, 0.5) is 10.1 Å². The Hall–Kier alpha value is -1.54. The topological polar surface area (TPSA) is 48.2 Å². The van der Waals surface area contributed by atoms with E-state index in [4.69, 9.17) is 5.26 Å². The second-order valence-corrected chi connectivity index (χ2v) is 3.13. The molecule has 0 aliphatic carbocycles. The Bertz CT molecular complexity index is 367. The number of thioether (sulfide) groups is 1. The summed E-state index contributed by atoms with van der Waals surface area (Å²) >= 11 is 1.32. The smallest absolute Gasteiger partial charge is 0.183 e. The molecular formula is C9H8FN3S. The van der Waals surface area contributed by atoms with Crippen LogP contribution in [0.25, 0.3) is 0 Å². The van der Waals surface area contributed by atoms with Crippen LogP contribution in [-0.2, 0) is 0 Å². The highest BCUT2D eigenvalue weighted by Crippen LogP contribution is 2.13. The average molecular weight is 209 g/mol. The Kier molecular flexibility index (Phi) is 3.95. The molecule has 0 saturated carbocycles. The van der Waals surface area contributed by atoms with E-state index in [1.807, 2.05) is 0 Å². The quantitative estimate of drug-likeness (QED) is 0.334. The molecule has 0 aromatic heterocycles. The van der Waals surface area contributed by atoms with Crippen molar-refractivity contribution in [1.82, 2.24) is 5.32 Å². The molecule has 1 N–H and O–H groups in total. The molecule has 1 aromatic rings. The number of aliphatic imine (C=N–C) groups is 1. The highest BCUT2D eigenvalue weighted by atomic mass is 32.2. The van der Waals surface area contributed by atoms with Gasteiger partial charge in [0.05, 0.1) is 5.69 Å². The van der Waals surface area contributed by atoms with E-state index in [2.05, 4.69) is 10.3 Å². The molecule has 0 atom stereocenters. The summed E-state index contributed by atoms with van der Waals surface area (Å²) < 4.78 is 12.5. The fraction of sp³-hybridized carbons (Fsp3) is 0.111. The van der Waals surface area contributed by atoms with Crippen LogP contribution < -0.4 is 5.32 Å². The van der Waals surface area contributed by atoms with Gasteiger partial charge in [-0.15, -0.1) is 0 Å². The molecule has 0 radical (unpaired) electrons. The van der Waals surface area contributed by atoms with E-state index in [1.54, 1.807) is 24.6 Å². The molecule has 0 spiro atoms. The number of nitrogens with zero attached hydrogens (tertiary/aromatic N) is 2. The first-order valence-corrected chi connectivity index (χ1v) is 5.02. The summed E-state index contributed by atoms with van der Waals surface area (Å²) in [5, 5.41) is 11.3. The molecule has 0 aliphatic rings. The first-order valence-electron chi connectivity index (χ1n) is 3.79. The summed E-state index contributed by atoms with van der Waals surface area (Å²) in [4.78, 5) is 4.09. The lowest BCUT2D eigenvalue weighted by atomic mass is 10.3. The number of hydrogen-bond acceptors (Lipinski definition) is 3. The van der Waals surface area contributed by atoms with Crippen LogP contribution in [0.3, 0.4) is 0 Å². The van der Waals surface area contributed by atoms with E-state index in [9.17, 15) is 4.39 Å². The van der Waals surface area contributed by atoms with E-state index in [0.29, 0.717) is 10.9 Å². The van der Waals surface area contributed by atoms with E-state index in [-0.39, 0.29) is 5.82 Å². The molecule has 0 aliphatic heterocycles. The van der Waals surface area contributed by atoms with E-state index >= 15 is 0 Å². The molecule has 1 aromatic carbocycles. The molecule has 0 saturated heterocycles. The summed E-state index contributed by atoms with van der Waals surface area (Å²) in [7, 11) is 0. The molecule has 0 amide bonds. The third-order valence-corrected chi connectivity index (χ3v) is 1.99. The normalized spacial score (nSPS) is 10.8. The number of hydrogen-bond donors (Lipinski definition) is 1. The fourth-order valence-corrected chi connectivity index (χ4v) is 1.15. The van der Waals surface area contributed by atoms with Gasteiger partial charge in [-0.1, -0.05) is 11.8 Å². The first kappa shape index (κ1) is 10.5. The minimum atomic E-state index is -0.303. The van der Waals surface area contributed by atoms with Crippen molar-refractivity contribution < 1.29 is 4.39 Å². The lowest BCUT2D eigenvalue weighted by Crippen LogP contribution is -2.12. The van der Waals surface area contributed by atoms with Crippen molar-refractivity contribution in [3.63, 3.8) is 0 Å². The molecule has 0 unspecified atom stereocenters. The monoisotopic (exact) mass is 209 g/mol. The Morgan fingerprint density at radius 1 is 1.50 bits per heavy atom. The third-order valence-electron chi connectivity index (χ3n) is 1.41. The van der Waals surface area contributed by atoms with Crippen molar-refractivity contribution in [2.24, 2.45) is 4.99 Å². The lowest BCUT2D eigenvalue weighted by molar-refractivity contribution is 0.628. The summed E-state index contributed by atoms with van der Waals surface area (Å²) in [6.45, 7) is 0. The Morgan fingerprint density at radius 2 is 2.14 bits per heavy atom. The zero-order chi connectivity index (χ0) is 10.4. The number of halogens is 1. The predicted octanol–water partition coefficient (Wildman–Crippen LogP) is 2.25. The molecule has 14 heavy (non-hydrogen) atoms. The lowest BCUT2D eigenvalue weighted by Gasteiger charge is -1.98. The maximum atomic E-state index is 12.5. The van der Waals surface area contributed by atoms with Gasteiger partial charge in [0.15, 0.2) is 11.4 Å². The van der Waals surface area contributed by atoms with Gasteiger partial charge in [0.25, 0.3) is 0 Å². The van der Waals surface area contributed by atoms with Gasteiger partial charge in [0, 0.05) is 0 Å². The fourth-order valence-electron chi connectivity index (χ4n) is 0.805. The van der Waals surface area contributed by atoms with Gasteiger partial charge in [0.1, 0.15) is 5.82 Å². The van der Waals surface area contributed by atoms with Crippen molar-refractivity contribution in [2.75, 3.05) is 6.26 Å². The minimum Gasteiger partial charge on any atom is -0.271 e. The summed E-state index contributed by atoms with van der Waals surface area (Å²) in [5.41, 5.74) is 0.610. The molecule has 0 heterocycles. The van der Waals surface area contributed by atoms with Crippen LogP contribution >= 0.6 is 11.8 Å². The van der Waals surface area contributed by atoms with Crippen LogP contribution in [0.15, 0.2) is 29.3 Å². The molecule has 0 fully saturated rings. The summed E-state index contributed by atoms with van der Waals surface area (Å²) in [5.74, 6) is -0.303. The zero-order valence-corrected chi connectivity index (χ0v) is 8.31. The van der Waals surface area contributed by atoms with Gasteiger partial charge in [-0.2, -0.15) is 5.26 Å². The number of nitrogens with one attached hydrogen (secondary N) is 1. The molecular weight excluding hydrogens is 201 g/mol. The SMILES string of the molecule is CSC(=Nc1ccc(F)cc1)NC#N. The van der Waals surface area contributed by atoms with Crippen LogP contribution in [0.1, 0.15) is 0 Å². The average Bonchev–Trinajstić information content (AvgIpc) is 2.20. The number of amidine groups is 1. The Balaban J connectivity index is 2.84. The zero-order valence-electron chi connectivity index (χ0n) is 7.49. The molecule has 3 nitrogen and oxygen atoms in total. The maximum absolute atomic E-state index is 12.5. The van der Waals surface area contributed by atoms with Gasteiger partial charge in [-0.25, -0.2) is 9.38 Å². The minimum absolute atomic E-state index is 0.303. The van der Waals surface area contributed by atoms with Crippen molar-refractivity contribution in [2.45, 2.75) is 0 Å². The summed E-state index contributed by atoms with van der Waals surface area (Å²) in [6, 6.07) is 5.74. The highest BCUT2D eigenvalue weighted by molar-refractivity contribution is 8.13. The standard InChI is InChI=1S/C9H8FN3S/c1-14-9(12-6-11)13-8-4-2-7(10)3-5-8/h2-5H,1H3,(H,12,13). The van der Waals surface area contributed by atoms with Crippen molar-refractivity contribution in [1.29, 1.82) is 5.26 Å².